The van der Waals surface area contributed by atoms with Crippen molar-refractivity contribution in [1.82, 2.24) is 0 Å². The minimum atomic E-state index is -0.507. The number of rotatable bonds is 6. The summed E-state index contributed by atoms with van der Waals surface area (Å²) in [5.74, 6) is -0.396. The summed E-state index contributed by atoms with van der Waals surface area (Å²) in [4.78, 5) is 23.3. The number of benzene rings is 2. The Labute approximate surface area is 151 Å². The molecule has 26 heavy (non-hydrogen) atoms. The van der Waals surface area contributed by atoms with Gasteiger partial charge in [0, 0.05) is 36.7 Å². The van der Waals surface area contributed by atoms with Crippen LogP contribution in [-0.2, 0) is 4.74 Å². The van der Waals surface area contributed by atoms with Gasteiger partial charge < -0.3 is 15.4 Å². The molecule has 1 saturated heterocycles. The van der Waals surface area contributed by atoms with Crippen LogP contribution < -0.4 is 10.6 Å². The smallest absolute Gasteiger partial charge is 0.270 e. The zero-order valence-electron chi connectivity index (χ0n) is 14.5. The number of hydrogen-bond acceptors (Lipinski definition) is 5. The molecule has 0 spiro atoms. The van der Waals surface area contributed by atoms with Crippen molar-refractivity contribution >= 4 is 23.0 Å². The molecular formula is C19H21N3O4. The van der Waals surface area contributed by atoms with Gasteiger partial charge in [0.1, 0.15) is 0 Å². The second-order valence-corrected chi connectivity index (χ2v) is 6.32. The molecule has 1 fully saturated rings. The van der Waals surface area contributed by atoms with Crippen molar-refractivity contribution < 1.29 is 14.5 Å². The van der Waals surface area contributed by atoms with Crippen LogP contribution in [0.15, 0.2) is 42.5 Å². The van der Waals surface area contributed by atoms with E-state index in [1.165, 1.54) is 12.1 Å². The Balaban J connectivity index is 1.80. The highest BCUT2D eigenvalue weighted by Crippen LogP contribution is 2.24. The van der Waals surface area contributed by atoms with Gasteiger partial charge in [0.25, 0.3) is 11.6 Å². The monoisotopic (exact) mass is 355 g/mol. The lowest BCUT2D eigenvalue weighted by molar-refractivity contribution is -0.384. The number of non-ortho nitro benzene ring substituents is 1. The van der Waals surface area contributed by atoms with Gasteiger partial charge in [0.05, 0.1) is 16.6 Å². The lowest BCUT2D eigenvalue weighted by Crippen LogP contribution is -2.21. The molecule has 0 unspecified atom stereocenters. The molecule has 1 aliphatic rings. The lowest BCUT2D eigenvalue weighted by atomic mass is 10.1. The summed E-state index contributed by atoms with van der Waals surface area (Å²) in [5, 5.41) is 17.1. The average molecular weight is 355 g/mol. The summed E-state index contributed by atoms with van der Waals surface area (Å²) in [6.45, 7) is 3.26. The highest BCUT2D eigenvalue weighted by atomic mass is 16.6. The number of nitrogens with one attached hydrogen (secondary N) is 2. The number of hydrogen-bond donors (Lipinski definition) is 2. The first-order valence-corrected chi connectivity index (χ1v) is 8.55. The number of ether oxygens (including phenoxy) is 1. The van der Waals surface area contributed by atoms with Crippen LogP contribution in [0.25, 0.3) is 0 Å². The maximum atomic E-state index is 12.7. The fourth-order valence-electron chi connectivity index (χ4n) is 2.85. The molecule has 1 heterocycles. The molecule has 2 aromatic rings. The van der Waals surface area contributed by atoms with E-state index in [1.54, 1.807) is 18.2 Å². The molecule has 0 aromatic heterocycles. The van der Waals surface area contributed by atoms with E-state index >= 15 is 0 Å². The Hall–Kier alpha value is -2.93. The van der Waals surface area contributed by atoms with Crippen LogP contribution in [0.2, 0.25) is 0 Å². The number of carbonyl (C=O) groups excluding carboxylic acids is 1. The zero-order chi connectivity index (χ0) is 18.5. The van der Waals surface area contributed by atoms with Gasteiger partial charge in [-0.05, 0) is 38.0 Å². The van der Waals surface area contributed by atoms with Crippen molar-refractivity contribution in [3.63, 3.8) is 0 Å². The molecule has 136 valence electrons. The first-order valence-electron chi connectivity index (χ1n) is 8.55. The van der Waals surface area contributed by atoms with Gasteiger partial charge in [-0.15, -0.1) is 0 Å². The standard InChI is InChI=1S/C19H21N3O4/c1-13-4-6-14(7-5-13)21-19(23)17-11-15(22(24)25)8-9-18(17)20-12-16-3-2-10-26-16/h4-9,11,16,20H,2-3,10,12H2,1H3,(H,21,23)/t16-/m0/s1. The lowest BCUT2D eigenvalue weighted by Gasteiger charge is -2.15. The molecule has 7 nitrogen and oxygen atoms in total. The van der Waals surface area contributed by atoms with E-state index in [4.69, 9.17) is 4.74 Å². The number of nitro benzene ring substituents is 1. The van der Waals surface area contributed by atoms with Crippen LogP contribution in [0.4, 0.5) is 17.1 Å². The Kier molecular flexibility index (Phi) is 5.48. The Bertz CT molecular complexity index is 799. The SMILES string of the molecule is Cc1ccc(NC(=O)c2cc([N+](=O)[O-])ccc2NC[C@@H]2CCCO2)cc1. The maximum Gasteiger partial charge on any atom is 0.270 e. The Morgan fingerprint density at radius 1 is 1.27 bits per heavy atom. The highest BCUT2D eigenvalue weighted by molar-refractivity contribution is 6.08. The first-order chi connectivity index (χ1) is 12.5. The normalized spacial score (nSPS) is 16.3. The molecule has 1 amide bonds. The van der Waals surface area contributed by atoms with Crippen molar-refractivity contribution in [2.24, 2.45) is 0 Å². The van der Waals surface area contributed by atoms with Crippen molar-refractivity contribution in [3.8, 4) is 0 Å². The number of amides is 1. The number of aryl methyl sites for hydroxylation is 1. The molecule has 2 N–H and O–H groups in total. The van der Waals surface area contributed by atoms with E-state index in [9.17, 15) is 14.9 Å². The topological polar surface area (TPSA) is 93.5 Å². The van der Waals surface area contributed by atoms with Gasteiger partial charge in [-0.25, -0.2) is 0 Å². The largest absolute Gasteiger partial charge is 0.382 e. The van der Waals surface area contributed by atoms with Crippen LogP contribution in [0.5, 0.6) is 0 Å². The summed E-state index contributed by atoms with van der Waals surface area (Å²) in [7, 11) is 0. The number of anilines is 2. The van der Waals surface area contributed by atoms with Gasteiger partial charge in [-0.1, -0.05) is 17.7 Å². The van der Waals surface area contributed by atoms with Crippen molar-refractivity contribution in [1.29, 1.82) is 0 Å². The third-order valence-electron chi connectivity index (χ3n) is 4.31. The van der Waals surface area contributed by atoms with E-state index in [2.05, 4.69) is 10.6 Å². The zero-order valence-corrected chi connectivity index (χ0v) is 14.5. The molecule has 0 saturated carbocycles. The van der Waals surface area contributed by atoms with Gasteiger partial charge in [-0.2, -0.15) is 0 Å². The molecule has 0 bridgehead atoms. The van der Waals surface area contributed by atoms with Crippen LogP contribution in [0.3, 0.4) is 0 Å². The molecule has 0 radical (unpaired) electrons. The third-order valence-corrected chi connectivity index (χ3v) is 4.31. The van der Waals surface area contributed by atoms with E-state index in [0.717, 1.165) is 25.0 Å². The second kappa shape index (κ2) is 7.97. The molecule has 3 rings (SSSR count). The van der Waals surface area contributed by atoms with Crippen molar-refractivity contribution in [2.45, 2.75) is 25.9 Å². The van der Waals surface area contributed by atoms with Gasteiger partial charge in [0.2, 0.25) is 0 Å². The minimum absolute atomic E-state index is 0.0956. The van der Waals surface area contributed by atoms with Crippen LogP contribution >= 0.6 is 0 Å². The molecule has 0 aliphatic carbocycles. The summed E-state index contributed by atoms with van der Waals surface area (Å²) in [6.07, 6.45) is 2.08. The van der Waals surface area contributed by atoms with E-state index in [1.807, 2.05) is 19.1 Å². The molecular weight excluding hydrogens is 334 g/mol. The minimum Gasteiger partial charge on any atom is -0.382 e. The fourth-order valence-corrected chi connectivity index (χ4v) is 2.85. The fraction of sp³-hybridized carbons (Fsp3) is 0.316. The van der Waals surface area contributed by atoms with Gasteiger partial charge in [-0.3, -0.25) is 14.9 Å². The van der Waals surface area contributed by atoms with Gasteiger partial charge in [0.15, 0.2) is 0 Å². The highest BCUT2D eigenvalue weighted by Gasteiger charge is 2.19. The predicted octanol–water partition coefficient (Wildman–Crippen LogP) is 3.75. The van der Waals surface area contributed by atoms with E-state index < -0.39 is 10.8 Å². The van der Waals surface area contributed by atoms with Crippen LogP contribution in [0, 0.1) is 17.0 Å². The Morgan fingerprint density at radius 3 is 2.69 bits per heavy atom. The summed E-state index contributed by atoms with van der Waals surface area (Å²) >= 11 is 0. The number of nitro groups is 1. The average Bonchev–Trinajstić information content (AvgIpc) is 3.15. The van der Waals surface area contributed by atoms with Crippen molar-refractivity contribution in [2.75, 3.05) is 23.8 Å². The van der Waals surface area contributed by atoms with Crippen LogP contribution in [0.1, 0.15) is 28.8 Å². The maximum absolute atomic E-state index is 12.7. The van der Waals surface area contributed by atoms with E-state index in [-0.39, 0.29) is 17.4 Å². The molecule has 1 aliphatic heterocycles. The van der Waals surface area contributed by atoms with Gasteiger partial charge >= 0.3 is 0 Å². The number of nitrogens with zero attached hydrogens (tertiary/aromatic N) is 1. The van der Waals surface area contributed by atoms with E-state index in [0.29, 0.717) is 17.9 Å². The second-order valence-electron chi connectivity index (χ2n) is 6.32. The quantitative estimate of drug-likeness (QED) is 0.608. The summed E-state index contributed by atoms with van der Waals surface area (Å²) in [5.41, 5.74) is 2.38. The molecule has 7 heteroatoms. The Morgan fingerprint density at radius 2 is 2.04 bits per heavy atom. The van der Waals surface area contributed by atoms with Crippen molar-refractivity contribution in [3.05, 3.63) is 63.7 Å². The third kappa shape index (κ3) is 4.37. The van der Waals surface area contributed by atoms with Crippen LogP contribution in [-0.4, -0.2) is 30.1 Å². The summed E-state index contributed by atoms with van der Waals surface area (Å²) in [6, 6.07) is 11.6. The summed E-state index contributed by atoms with van der Waals surface area (Å²) < 4.78 is 5.57. The molecule has 2 aromatic carbocycles. The predicted molar refractivity (Wildman–Crippen MR) is 99.7 cm³/mol. The molecule has 1 atom stereocenters. The number of carbonyl (C=O) groups is 1. The first kappa shape index (κ1) is 17.9.